The van der Waals surface area contributed by atoms with Gasteiger partial charge in [-0.3, -0.25) is 9.69 Å². The highest BCUT2D eigenvalue weighted by Crippen LogP contribution is 2.20. The van der Waals surface area contributed by atoms with Gasteiger partial charge in [0.25, 0.3) is 0 Å². The number of para-hydroxylation sites is 1. The number of rotatable bonds is 6. The van der Waals surface area contributed by atoms with Crippen LogP contribution in [-0.4, -0.2) is 61.5 Å². The molecular formula is C20H31N3O. The molecule has 3 rings (SSSR count). The van der Waals surface area contributed by atoms with Crippen molar-refractivity contribution in [3.8, 4) is 0 Å². The van der Waals surface area contributed by atoms with Gasteiger partial charge in [0.05, 0.1) is 6.54 Å². The topological polar surface area (TPSA) is 26.8 Å². The number of carbonyl (C=O) groups is 1. The summed E-state index contributed by atoms with van der Waals surface area (Å²) in [6.45, 7) is 9.24. The molecule has 1 unspecified atom stereocenters. The van der Waals surface area contributed by atoms with Gasteiger partial charge in [-0.05, 0) is 63.9 Å². The van der Waals surface area contributed by atoms with Gasteiger partial charge >= 0.3 is 0 Å². The summed E-state index contributed by atoms with van der Waals surface area (Å²) in [5.41, 5.74) is 1.01. The molecule has 1 aromatic carbocycles. The van der Waals surface area contributed by atoms with Crippen LogP contribution in [-0.2, 0) is 4.79 Å². The van der Waals surface area contributed by atoms with Crippen LogP contribution in [0.2, 0.25) is 0 Å². The van der Waals surface area contributed by atoms with Gasteiger partial charge in [-0.1, -0.05) is 24.6 Å². The Bertz CT molecular complexity index is 513. The molecule has 0 N–H and O–H groups in total. The van der Waals surface area contributed by atoms with Crippen molar-refractivity contribution in [2.45, 2.75) is 32.6 Å². The molecule has 0 radical (unpaired) electrons. The maximum absolute atomic E-state index is 12.7. The number of likely N-dealkylation sites (tertiary alicyclic amines) is 2. The molecule has 2 heterocycles. The lowest BCUT2D eigenvalue weighted by atomic mass is 10.1. The molecule has 4 nitrogen and oxygen atoms in total. The van der Waals surface area contributed by atoms with Crippen LogP contribution in [0.3, 0.4) is 0 Å². The number of benzene rings is 1. The van der Waals surface area contributed by atoms with E-state index in [0.717, 1.165) is 31.2 Å². The van der Waals surface area contributed by atoms with Crippen LogP contribution < -0.4 is 4.90 Å². The maximum Gasteiger partial charge on any atom is 0.241 e. The van der Waals surface area contributed by atoms with Crippen LogP contribution in [0.5, 0.6) is 0 Å². The Morgan fingerprint density at radius 3 is 2.54 bits per heavy atom. The summed E-state index contributed by atoms with van der Waals surface area (Å²) in [5.74, 6) is 0.963. The molecule has 0 bridgehead atoms. The first-order chi connectivity index (χ1) is 11.8. The fourth-order valence-electron chi connectivity index (χ4n) is 4.10. The van der Waals surface area contributed by atoms with Crippen molar-refractivity contribution in [3.63, 3.8) is 0 Å². The average Bonchev–Trinajstić information content (AvgIpc) is 3.04. The smallest absolute Gasteiger partial charge is 0.241 e. The number of amides is 1. The zero-order valence-corrected chi connectivity index (χ0v) is 15.0. The van der Waals surface area contributed by atoms with Gasteiger partial charge in [-0.2, -0.15) is 0 Å². The molecule has 4 heteroatoms. The maximum atomic E-state index is 12.7. The van der Waals surface area contributed by atoms with E-state index >= 15 is 0 Å². The Hall–Kier alpha value is -1.39. The fourth-order valence-corrected chi connectivity index (χ4v) is 4.10. The Labute approximate surface area is 146 Å². The molecule has 1 amide bonds. The number of likely N-dealkylation sites (N-methyl/N-ethyl adjacent to an activating group) is 1. The summed E-state index contributed by atoms with van der Waals surface area (Å²) in [7, 11) is 0. The standard InChI is InChI=1S/C20H31N3O/c1-2-23(19-9-5-3-6-10-19)20(24)17-22-14-11-18(16-22)15-21-12-7-4-8-13-21/h3,5-6,9-10,18H,2,4,7-8,11-17H2,1H3. The lowest BCUT2D eigenvalue weighted by Gasteiger charge is -2.29. The van der Waals surface area contributed by atoms with Crippen LogP contribution in [0.1, 0.15) is 32.6 Å². The largest absolute Gasteiger partial charge is 0.312 e. The molecule has 0 aliphatic carbocycles. The molecule has 2 aliphatic rings. The predicted octanol–water partition coefficient (Wildman–Crippen LogP) is 2.85. The van der Waals surface area contributed by atoms with Crippen LogP contribution in [0.15, 0.2) is 30.3 Å². The van der Waals surface area contributed by atoms with Crippen molar-refractivity contribution in [1.82, 2.24) is 9.80 Å². The summed E-state index contributed by atoms with van der Waals surface area (Å²) in [5, 5.41) is 0. The van der Waals surface area contributed by atoms with E-state index in [1.807, 2.05) is 42.2 Å². The SMILES string of the molecule is CCN(C(=O)CN1CCC(CN2CCCCC2)C1)c1ccccc1. The number of nitrogens with zero attached hydrogens (tertiary/aromatic N) is 3. The molecular weight excluding hydrogens is 298 g/mol. The molecule has 0 saturated carbocycles. The number of anilines is 1. The van der Waals surface area contributed by atoms with Crippen LogP contribution in [0.25, 0.3) is 0 Å². The van der Waals surface area contributed by atoms with Crippen molar-refractivity contribution in [2.75, 3.05) is 50.7 Å². The van der Waals surface area contributed by atoms with E-state index in [1.165, 1.54) is 45.3 Å². The molecule has 132 valence electrons. The fraction of sp³-hybridized carbons (Fsp3) is 0.650. The summed E-state index contributed by atoms with van der Waals surface area (Å²) < 4.78 is 0. The van der Waals surface area contributed by atoms with Gasteiger partial charge < -0.3 is 9.80 Å². The van der Waals surface area contributed by atoms with Crippen molar-refractivity contribution in [3.05, 3.63) is 30.3 Å². The van der Waals surface area contributed by atoms with Crippen molar-refractivity contribution >= 4 is 11.6 Å². The van der Waals surface area contributed by atoms with Gasteiger partial charge in [0, 0.05) is 25.3 Å². The molecule has 2 aliphatic heterocycles. The summed E-state index contributed by atoms with van der Waals surface area (Å²) in [4.78, 5) is 19.6. The highest BCUT2D eigenvalue weighted by molar-refractivity contribution is 5.94. The molecule has 0 aromatic heterocycles. The van der Waals surface area contributed by atoms with Crippen molar-refractivity contribution in [2.24, 2.45) is 5.92 Å². The first-order valence-corrected chi connectivity index (χ1v) is 9.56. The van der Waals surface area contributed by atoms with E-state index in [-0.39, 0.29) is 5.91 Å². The second-order valence-electron chi connectivity index (χ2n) is 7.22. The van der Waals surface area contributed by atoms with Crippen molar-refractivity contribution < 1.29 is 4.79 Å². The van der Waals surface area contributed by atoms with Crippen LogP contribution >= 0.6 is 0 Å². The minimum atomic E-state index is 0.224. The number of hydrogen-bond donors (Lipinski definition) is 0. The van der Waals surface area contributed by atoms with Gasteiger partial charge in [0.1, 0.15) is 0 Å². The van der Waals surface area contributed by atoms with E-state index in [0.29, 0.717) is 6.54 Å². The monoisotopic (exact) mass is 329 g/mol. The summed E-state index contributed by atoms with van der Waals surface area (Å²) >= 11 is 0. The third-order valence-corrected chi connectivity index (χ3v) is 5.38. The highest BCUT2D eigenvalue weighted by Gasteiger charge is 2.27. The zero-order chi connectivity index (χ0) is 16.8. The van der Waals surface area contributed by atoms with E-state index < -0.39 is 0 Å². The third-order valence-electron chi connectivity index (χ3n) is 5.38. The van der Waals surface area contributed by atoms with Gasteiger partial charge in [0.15, 0.2) is 0 Å². The van der Waals surface area contributed by atoms with E-state index in [2.05, 4.69) is 9.80 Å². The van der Waals surface area contributed by atoms with Gasteiger partial charge in [-0.25, -0.2) is 0 Å². The van der Waals surface area contributed by atoms with Gasteiger partial charge in [0.2, 0.25) is 5.91 Å². The lowest BCUT2D eigenvalue weighted by molar-refractivity contribution is -0.119. The first kappa shape index (κ1) is 17.4. The lowest BCUT2D eigenvalue weighted by Crippen LogP contribution is -2.40. The minimum absolute atomic E-state index is 0.224. The molecule has 0 spiro atoms. The normalized spacial score (nSPS) is 22.6. The van der Waals surface area contributed by atoms with E-state index in [1.54, 1.807) is 0 Å². The highest BCUT2D eigenvalue weighted by atomic mass is 16.2. The molecule has 1 aromatic rings. The molecule has 2 saturated heterocycles. The summed E-state index contributed by atoms with van der Waals surface area (Å²) in [6.07, 6.45) is 5.35. The molecule has 24 heavy (non-hydrogen) atoms. The van der Waals surface area contributed by atoms with E-state index in [4.69, 9.17) is 0 Å². The van der Waals surface area contributed by atoms with Crippen LogP contribution in [0, 0.1) is 5.92 Å². The van der Waals surface area contributed by atoms with Crippen molar-refractivity contribution in [1.29, 1.82) is 0 Å². The molecule has 2 fully saturated rings. The summed E-state index contributed by atoms with van der Waals surface area (Å²) in [6, 6.07) is 10.0. The quantitative estimate of drug-likeness (QED) is 0.803. The third kappa shape index (κ3) is 4.58. The Morgan fingerprint density at radius 2 is 1.83 bits per heavy atom. The number of piperidine rings is 1. The Kier molecular flexibility index (Phi) is 6.27. The second-order valence-corrected chi connectivity index (χ2v) is 7.22. The van der Waals surface area contributed by atoms with Gasteiger partial charge in [-0.15, -0.1) is 0 Å². The average molecular weight is 329 g/mol. The number of carbonyl (C=O) groups excluding carboxylic acids is 1. The van der Waals surface area contributed by atoms with Crippen LogP contribution in [0.4, 0.5) is 5.69 Å². The minimum Gasteiger partial charge on any atom is -0.312 e. The Balaban J connectivity index is 1.48. The van der Waals surface area contributed by atoms with E-state index in [9.17, 15) is 4.79 Å². The second kappa shape index (κ2) is 8.63. The number of hydrogen-bond acceptors (Lipinski definition) is 3. The predicted molar refractivity (Wildman–Crippen MR) is 99.3 cm³/mol. The Morgan fingerprint density at radius 1 is 1.08 bits per heavy atom. The zero-order valence-electron chi connectivity index (χ0n) is 15.0. The molecule has 1 atom stereocenters. The first-order valence-electron chi connectivity index (χ1n) is 9.56.